The summed E-state index contributed by atoms with van der Waals surface area (Å²) in [7, 11) is 1.67. The molecule has 0 aromatic heterocycles. The van der Waals surface area contributed by atoms with Crippen LogP contribution in [0.2, 0.25) is 0 Å². The molecule has 0 aliphatic carbocycles. The highest BCUT2D eigenvalue weighted by molar-refractivity contribution is 7.80. The molecule has 5 nitrogen and oxygen atoms in total. The lowest BCUT2D eigenvalue weighted by molar-refractivity contribution is 0.0905. The van der Waals surface area contributed by atoms with Gasteiger partial charge in [0.1, 0.15) is 5.75 Å². The van der Waals surface area contributed by atoms with E-state index in [-0.39, 0.29) is 6.10 Å². The number of hydrogen-bond acceptors (Lipinski definition) is 4. The van der Waals surface area contributed by atoms with Gasteiger partial charge in [0.25, 0.3) is 0 Å². The van der Waals surface area contributed by atoms with Gasteiger partial charge in [0.2, 0.25) is 0 Å². The molecule has 6 heteroatoms. The van der Waals surface area contributed by atoms with E-state index in [1.54, 1.807) is 7.11 Å². The Morgan fingerprint density at radius 3 is 2.37 bits per heavy atom. The van der Waals surface area contributed by atoms with Gasteiger partial charge in [-0.25, -0.2) is 0 Å². The summed E-state index contributed by atoms with van der Waals surface area (Å²) in [5.74, 6) is 0.830. The Hall–Kier alpha value is -2.31. The van der Waals surface area contributed by atoms with Crippen molar-refractivity contribution >= 4 is 28.7 Å². The molecule has 0 saturated carbocycles. The van der Waals surface area contributed by atoms with Crippen LogP contribution in [0.1, 0.15) is 32.3 Å². The predicted molar refractivity (Wildman–Crippen MR) is 129 cm³/mol. The number of nitrogens with one attached hydrogen (secondary N) is 1. The zero-order chi connectivity index (χ0) is 21.3. The van der Waals surface area contributed by atoms with E-state index in [9.17, 15) is 0 Å². The third kappa shape index (κ3) is 6.09. The highest BCUT2D eigenvalue weighted by Gasteiger charge is 2.21. The van der Waals surface area contributed by atoms with Crippen LogP contribution in [0.15, 0.2) is 48.5 Å². The van der Waals surface area contributed by atoms with E-state index in [0.717, 1.165) is 57.1 Å². The van der Waals surface area contributed by atoms with Crippen molar-refractivity contribution in [2.75, 3.05) is 43.6 Å². The van der Waals surface area contributed by atoms with Gasteiger partial charge in [-0.2, -0.15) is 0 Å². The fourth-order valence-corrected chi connectivity index (χ4v) is 4.01. The van der Waals surface area contributed by atoms with Crippen molar-refractivity contribution < 1.29 is 9.47 Å². The van der Waals surface area contributed by atoms with Gasteiger partial charge < -0.3 is 24.6 Å². The van der Waals surface area contributed by atoms with Crippen LogP contribution in [0.25, 0.3) is 0 Å². The molecular weight excluding hydrogens is 394 g/mol. The molecule has 0 spiro atoms. The molecule has 0 amide bonds. The number of anilines is 2. The summed E-state index contributed by atoms with van der Waals surface area (Å²) in [6.07, 6.45) is 2.44. The van der Waals surface area contributed by atoms with E-state index >= 15 is 0 Å². The molecule has 1 heterocycles. The van der Waals surface area contributed by atoms with Crippen LogP contribution < -0.4 is 15.0 Å². The molecule has 1 aliphatic heterocycles. The minimum Gasteiger partial charge on any atom is -0.497 e. The lowest BCUT2D eigenvalue weighted by atomic mass is 10.1. The van der Waals surface area contributed by atoms with Crippen molar-refractivity contribution in [3.63, 3.8) is 0 Å². The van der Waals surface area contributed by atoms with Gasteiger partial charge in [-0.15, -0.1) is 0 Å². The minimum atomic E-state index is 0.232. The first-order valence-corrected chi connectivity index (χ1v) is 11.2. The summed E-state index contributed by atoms with van der Waals surface area (Å²) >= 11 is 5.78. The zero-order valence-electron chi connectivity index (χ0n) is 18.3. The lowest BCUT2D eigenvalue weighted by Gasteiger charge is -2.29. The van der Waals surface area contributed by atoms with E-state index in [2.05, 4.69) is 53.2 Å². The second-order valence-corrected chi connectivity index (χ2v) is 7.90. The van der Waals surface area contributed by atoms with Gasteiger partial charge in [0, 0.05) is 44.2 Å². The van der Waals surface area contributed by atoms with Crippen LogP contribution in [-0.2, 0) is 11.3 Å². The topological polar surface area (TPSA) is 37.0 Å². The second-order valence-electron chi connectivity index (χ2n) is 7.51. The molecule has 162 valence electrons. The zero-order valence-corrected chi connectivity index (χ0v) is 19.1. The quantitative estimate of drug-likeness (QED) is 0.573. The van der Waals surface area contributed by atoms with Crippen LogP contribution in [0.3, 0.4) is 0 Å². The molecule has 2 aromatic rings. The summed E-state index contributed by atoms with van der Waals surface area (Å²) in [5, 5.41) is 4.08. The molecule has 1 saturated heterocycles. The molecule has 0 bridgehead atoms. The smallest absolute Gasteiger partial charge is 0.173 e. The van der Waals surface area contributed by atoms with E-state index in [4.69, 9.17) is 21.7 Å². The Morgan fingerprint density at radius 1 is 1.10 bits per heavy atom. The number of hydrogen-bond donors (Lipinski definition) is 1. The Morgan fingerprint density at radius 2 is 1.80 bits per heavy atom. The maximum Gasteiger partial charge on any atom is 0.173 e. The Balaban J connectivity index is 1.70. The largest absolute Gasteiger partial charge is 0.497 e. The van der Waals surface area contributed by atoms with Gasteiger partial charge >= 0.3 is 0 Å². The number of methoxy groups -OCH3 is 1. The Labute approximate surface area is 186 Å². The summed E-state index contributed by atoms with van der Waals surface area (Å²) in [6.45, 7) is 8.78. The third-order valence-corrected chi connectivity index (χ3v) is 5.88. The molecular formula is C24H33N3O2S. The van der Waals surface area contributed by atoms with Crippen molar-refractivity contribution in [1.82, 2.24) is 4.90 Å². The van der Waals surface area contributed by atoms with Crippen molar-refractivity contribution in [3.8, 4) is 5.75 Å². The second kappa shape index (κ2) is 11.2. The number of rotatable bonds is 9. The maximum absolute atomic E-state index is 5.88. The molecule has 1 fully saturated rings. The van der Waals surface area contributed by atoms with Crippen LogP contribution in [-0.4, -0.2) is 49.5 Å². The summed E-state index contributed by atoms with van der Waals surface area (Å²) in [4.78, 5) is 4.56. The molecule has 0 radical (unpaired) electrons. The first-order valence-electron chi connectivity index (χ1n) is 10.8. The highest BCUT2D eigenvalue weighted by atomic mass is 32.1. The van der Waals surface area contributed by atoms with Gasteiger partial charge in [-0.3, -0.25) is 0 Å². The van der Waals surface area contributed by atoms with E-state index < -0.39 is 0 Å². The van der Waals surface area contributed by atoms with Crippen molar-refractivity contribution in [1.29, 1.82) is 0 Å². The average Bonchev–Trinajstić information content (AvgIpc) is 3.29. The van der Waals surface area contributed by atoms with E-state index in [1.165, 1.54) is 11.3 Å². The standard InChI is InChI=1S/C24H33N3O2S/c1-4-26(5-2)21-12-8-19(9-13-21)17-27(18-23-7-6-16-29-23)24(30)25-20-10-14-22(28-3)15-11-20/h8-15,23H,4-7,16-18H2,1-3H3,(H,25,30). The fourth-order valence-electron chi connectivity index (χ4n) is 3.75. The third-order valence-electron chi connectivity index (χ3n) is 5.51. The van der Waals surface area contributed by atoms with Crippen molar-refractivity contribution in [2.24, 2.45) is 0 Å². The van der Waals surface area contributed by atoms with Gasteiger partial charge in [-0.05, 0) is 80.9 Å². The monoisotopic (exact) mass is 427 g/mol. The normalized spacial score (nSPS) is 15.6. The van der Waals surface area contributed by atoms with Gasteiger partial charge in [0.05, 0.1) is 13.2 Å². The average molecular weight is 428 g/mol. The number of thiocarbonyl (C=S) groups is 1. The summed E-state index contributed by atoms with van der Waals surface area (Å²) in [6, 6.07) is 16.6. The first kappa shape index (κ1) is 22.4. The molecule has 3 rings (SSSR count). The first-order chi connectivity index (χ1) is 14.6. The summed E-state index contributed by atoms with van der Waals surface area (Å²) in [5.41, 5.74) is 3.45. The van der Waals surface area contributed by atoms with Crippen molar-refractivity contribution in [3.05, 3.63) is 54.1 Å². The Bertz CT molecular complexity index is 785. The highest BCUT2D eigenvalue weighted by Crippen LogP contribution is 2.20. The predicted octanol–water partition coefficient (Wildman–Crippen LogP) is 4.92. The molecule has 1 atom stereocenters. The van der Waals surface area contributed by atoms with Crippen LogP contribution in [0, 0.1) is 0 Å². The SMILES string of the molecule is CCN(CC)c1ccc(CN(CC2CCCO2)C(=S)Nc2ccc(OC)cc2)cc1. The van der Waals surface area contributed by atoms with E-state index in [0.29, 0.717) is 5.11 Å². The van der Waals surface area contributed by atoms with Gasteiger partial charge in [0.15, 0.2) is 5.11 Å². The van der Waals surface area contributed by atoms with Gasteiger partial charge in [-0.1, -0.05) is 12.1 Å². The van der Waals surface area contributed by atoms with E-state index in [1.807, 2.05) is 24.3 Å². The molecule has 30 heavy (non-hydrogen) atoms. The molecule has 1 unspecified atom stereocenters. The molecule has 2 aromatic carbocycles. The lowest BCUT2D eigenvalue weighted by Crippen LogP contribution is -2.39. The molecule has 1 N–H and O–H groups in total. The van der Waals surface area contributed by atoms with Crippen LogP contribution in [0.5, 0.6) is 5.75 Å². The number of nitrogens with zero attached hydrogens (tertiary/aromatic N) is 2. The number of benzene rings is 2. The van der Waals surface area contributed by atoms with Crippen LogP contribution in [0.4, 0.5) is 11.4 Å². The number of ether oxygens (including phenoxy) is 2. The Kier molecular flexibility index (Phi) is 8.34. The summed E-state index contributed by atoms with van der Waals surface area (Å²) < 4.78 is 11.1. The maximum atomic E-state index is 5.88. The van der Waals surface area contributed by atoms with Crippen molar-refractivity contribution in [2.45, 2.75) is 39.3 Å². The van der Waals surface area contributed by atoms with Crippen LogP contribution >= 0.6 is 12.2 Å². The molecule has 1 aliphatic rings. The fraction of sp³-hybridized carbons (Fsp3) is 0.458. The minimum absolute atomic E-state index is 0.232.